The molecule has 2 nitrogen and oxygen atoms in total. The molecule has 0 aromatic carbocycles. The van der Waals surface area contributed by atoms with Crippen LogP contribution in [0.2, 0.25) is 0 Å². The monoisotopic (exact) mass is 208 g/mol. The van der Waals surface area contributed by atoms with Crippen LogP contribution in [0.4, 0.5) is 0 Å². The highest BCUT2D eigenvalue weighted by Gasteiger charge is 2.51. The Morgan fingerprint density at radius 1 is 1.13 bits per heavy atom. The van der Waals surface area contributed by atoms with Crippen LogP contribution in [0.3, 0.4) is 0 Å². The largest absolute Gasteiger partial charge is 0.323 e. The molecule has 86 valence electrons. The van der Waals surface area contributed by atoms with Gasteiger partial charge >= 0.3 is 0 Å². The number of rotatable bonds is 2. The molecule has 0 spiro atoms. The van der Waals surface area contributed by atoms with Gasteiger partial charge in [0.1, 0.15) is 0 Å². The molecule has 2 saturated carbocycles. The summed E-state index contributed by atoms with van der Waals surface area (Å²) in [6, 6.07) is 0.865. The van der Waals surface area contributed by atoms with E-state index in [2.05, 4.69) is 11.8 Å². The lowest BCUT2D eigenvalue weighted by molar-refractivity contribution is -0.00392. The third kappa shape index (κ3) is 1.83. The third-order valence-electron chi connectivity index (χ3n) is 4.81. The molecule has 2 unspecified atom stereocenters. The van der Waals surface area contributed by atoms with E-state index >= 15 is 0 Å². The minimum atomic E-state index is 0.223. The van der Waals surface area contributed by atoms with Gasteiger partial charge in [0.15, 0.2) is 0 Å². The van der Waals surface area contributed by atoms with Gasteiger partial charge in [-0.05, 0) is 37.5 Å². The Labute approximate surface area is 93.2 Å². The van der Waals surface area contributed by atoms with Gasteiger partial charge in [0.2, 0.25) is 0 Å². The molecular weight excluding hydrogens is 184 g/mol. The predicted molar refractivity (Wildman–Crippen MR) is 62.6 cm³/mol. The highest BCUT2D eigenvalue weighted by Crippen LogP contribution is 2.44. The molecular formula is C13H24N2. The van der Waals surface area contributed by atoms with E-state index in [1.807, 2.05) is 0 Å². The fourth-order valence-electron chi connectivity index (χ4n) is 3.62. The van der Waals surface area contributed by atoms with Crippen LogP contribution in [-0.4, -0.2) is 29.6 Å². The first kappa shape index (κ1) is 10.1. The lowest BCUT2D eigenvalue weighted by atomic mass is 9.79. The summed E-state index contributed by atoms with van der Waals surface area (Å²) >= 11 is 0. The van der Waals surface area contributed by atoms with Crippen LogP contribution in [-0.2, 0) is 0 Å². The Balaban J connectivity index is 1.53. The zero-order valence-corrected chi connectivity index (χ0v) is 9.91. The van der Waals surface area contributed by atoms with Gasteiger partial charge in [-0.3, -0.25) is 4.90 Å². The van der Waals surface area contributed by atoms with E-state index in [1.54, 1.807) is 0 Å². The number of likely N-dealkylation sites (tertiary alicyclic amines) is 1. The first-order valence-corrected chi connectivity index (χ1v) is 6.70. The van der Waals surface area contributed by atoms with Crippen molar-refractivity contribution in [2.45, 2.75) is 57.0 Å². The summed E-state index contributed by atoms with van der Waals surface area (Å²) in [5, 5.41) is 0. The molecule has 0 aromatic heterocycles. The fraction of sp³-hybridized carbons (Fsp3) is 1.00. The van der Waals surface area contributed by atoms with Gasteiger partial charge in [-0.1, -0.05) is 19.8 Å². The SMILES string of the molecule is CC1CCCC(N2CC(N)(C3CC3)C2)C1. The molecule has 3 aliphatic rings. The number of hydrogen-bond acceptors (Lipinski definition) is 2. The summed E-state index contributed by atoms with van der Waals surface area (Å²) < 4.78 is 0. The summed E-state index contributed by atoms with van der Waals surface area (Å²) in [6.45, 7) is 4.78. The molecule has 1 saturated heterocycles. The number of hydrogen-bond donors (Lipinski definition) is 1. The van der Waals surface area contributed by atoms with E-state index in [9.17, 15) is 0 Å². The van der Waals surface area contributed by atoms with Crippen molar-refractivity contribution in [3.63, 3.8) is 0 Å². The van der Waals surface area contributed by atoms with Crippen LogP contribution in [0.25, 0.3) is 0 Å². The lowest BCUT2D eigenvalue weighted by Crippen LogP contribution is -2.70. The summed E-state index contributed by atoms with van der Waals surface area (Å²) in [5.41, 5.74) is 6.62. The van der Waals surface area contributed by atoms with Crippen molar-refractivity contribution in [2.24, 2.45) is 17.6 Å². The first-order chi connectivity index (χ1) is 7.17. The van der Waals surface area contributed by atoms with Crippen molar-refractivity contribution < 1.29 is 0 Å². The molecule has 0 radical (unpaired) electrons. The van der Waals surface area contributed by atoms with Crippen LogP contribution >= 0.6 is 0 Å². The average molecular weight is 208 g/mol. The van der Waals surface area contributed by atoms with Gasteiger partial charge in [0, 0.05) is 24.7 Å². The van der Waals surface area contributed by atoms with Gasteiger partial charge in [0.25, 0.3) is 0 Å². The van der Waals surface area contributed by atoms with Crippen LogP contribution < -0.4 is 5.73 Å². The topological polar surface area (TPSA) is 29.3 Å². The molecule has 3 rings (SSSR count). The summed E-state index contributed by atoms with van der Waals surface area (Å²) in [7, 11) is 0. The summed E-state index contributed by atoms with van der Waals surface area (Å²) in [4.78, 5) is 2.66. The zero-order chi connectivity index (χ0) is 10.5. The highest BCUT2D eigenvalue weighted by molar-refractivity contribution is 5.10. The fourth-order valence-corrected chi connectivity index (χ4v) is 3.62. The first-order valence-electron chi connectivity index (χ1n) is 6.70. The van der Waals surface area contributed by atoms with Crippen molar-refractivity contribution in [1.29, 1.82) is 0 Å². The van der Waals surface area contributed by atoms with Crippen LogP contribution in [0.5, 0.6) is 0 Å². The smallest absolute Gasteiger partial charge is 0.0441 e. The third-order valence-corrected chi connectivity index (χ3v) is 4.81. The Hall–Kier alpha value is -0.0800. The second kappa shape index (κ2) is 3.46. The van der Waals surface area contributed by atoms with Crippen molar-refractivity contribution in [1.82, 2.24) is 4.90 Å². The number of nitrogens with zero attached hydrogens (tertiary/aromatic N) is 1. The van der Waals surface area contributed by atoms with Gasteiger partial charge in [-0.2, -0.15) is 0 Å². The molecule has 0 bridgehead atoms. The molecule has 2 N–H and O–H groups in total. The van der Waals surface area contributed by atoms with Crippen molar-refractivity contribution in [3.8, 4) is 0 Å². The van der Waals surface area contributed by atoms with E-state index < -0.39 is 0 Å². The minimum absolute atomic E-state index is 0.223. The standard InChI is InChI=1S/C13H24N2/c1-10-3-2-4-12(7-10)15-8-13(14,9-15)11-5-6-11/h10-12H,2-9,14H2,1H3. The van der Waals surface area contributed by atoms with Crippen LogP contribution in [0.15, 0.2) is 0 Å². The van der Waals surface area contributed by atoms with E-state index in [-0.39, 0.29) is 5.54 Å². The summed E-state index contributed by atoms with van der Waals surface area (Å²) in [5.74, 6) is 1.81. The Bertz CT molecular complexity index is 241. The van der Waals surface area contributed by atoms with E-state index in [0.29, 0.717) is 0 Å². The molecule has 0 amide bonds. The molecule has 3 fully saturated rings. The molecule has 2 heteroatoms. The quantitative estimate of drug-likeness (QED) is 0.752. The molecule has 1 heterocycles. The molecule has 15 heavy (non-hydrogen) atoms. The summed E-state index contributed by atoms with van der Waals surface area (Å²) in [6.07, 6.45) is 8.51. The van der Waals surface area contributed by atoms with E-state index in [0.717, 1.165) is 17.9 Å². The van der Waals surface area contributed by atoms with Crippen LogP contribution in [0, 0.1) is 11.8 Å². The second-order valence-electron chi connectivity index (χ2n) is 6.34. The van der Waals surface area contributed by atoms with Gasteiger partial charge in [-0.15, -0.1) is 0 Å². The Morgan fingerprint density at radius 3 is 2.47 bits per heavy atom. The van der Waals surface area contributed by atoms with Gasteiger partial charge < -0.3 is 5.73 Å². The zero-order valence-electron chi connectivity index (χ0n) is 9.91. The maximum absolute atomic E-state index is 6.40. The van der Waals surface area contributed by atoms with Crippen molar-refractivity contribution >= 4 is 0 Å². The predicted octanol–water partition coefficient (Wildman–Crippen LogP) is 1.99. The number of nitrogens with two attached hydrogens (primary N) is 1. The highest BCUT2D eigenvalue weighted by atomic mass is 15.3. The maximum Gasteiger partial charge on any atom is 0.0441 e. The van der Waals surface area contributed by atoms with Crippen LogP contribution in [0.1, 0.15) is 45.4 Å². The van der Waals surface area contributed by atoms with Crippen molar-refractivity contribution in [2.75, 3.05) is 13.1 Å². The normalized spacial score (nSPS) is 41.2. The molecule has 1 aliphatic heterocycles. The Kier molecular flexibility index (Phi) is 2.33. The lowest BCUT2D eigenvalue weighted by Gasteiger charge is -2.53. The van der Waals surface area contributed by atoms with Gasteiger partial charge in [0.05, 0.1) is 0 Å². The van der Waals surface area contributed by atoms with Crippen molar-refractivity contribution in [3.05, 3.63) is 0 Å². The Morgan fingerprint density at radius 2 is 1.87 bits per heavy atom. The second-order valence-corrected chi connectivity index (χ2v) is 6.34. The minimum Gasteiger partial charge on any atom is -0.323 e. The van der Waals surface area contributed by atoms with Gasteiger partial charge in [-0.25, -0.2) is 0 Å². The maximum atomic E-state index is 6.40. The average Bonchev–Trinajstić information content (AvgIpc) is 2.96. The van der Waals surface area contributed by atoms with E-state index in [1.165, 1.54) is 51.6 Å². The molecule has 2 atom stereocenters. The van der Waals surface area contributed by atoms with E-state index in [4.69, 9.17) is 5.73 Å². The molecule has 2 aliphatic carbocycles. The molecule has 0 aromatic rings.